The van der Waals surface area contributed by atoms with Crippen LogP contribution < -0.4 is 5.32 Å². The number of benzene rings is 1. The fraction of sp³-hybridized carbons (Fsp3) is 0.500. The molecular formula is C16H22N4O. The zero-order valence-corrected chi connectivity index (χ0v) is 12.4. The van der Waals surface area contributed by atoms with Crippen LogP contribution in [-0.2, 0) is 0 Å². The molecule has 5 heteroatoms. The van der Waals surface area contributed by atoms with Crippen LogP contribution in [0.1, 0.15) is 43.1 Å². The molecule has 21 heavy (non-hydrogen) atoms. The first-order valence-electron chi connectivity index (χ1n) is 7.74. The zero-order valence-electron chi connectivity index (χ0n) is 12.4. The van der Waals surface area contributed by atoms with Crippen molar-refractivity contribution in [3.8, 4) is 0 Å². The van der Waals surface area contributed by atoms with Gasteiger partial charge in [0.2, 0.25) is 0 Å². The molecule has 1 unspecified atom stereocenters. The summed E-state index contributed by atoms with van der Waals surface area (Å²) < 4.78 is 0. The van der Waals surface area contributed by atoms with E-state index in [1.807, 2.05) is 24.3 Å². The van der Waals surface area contributed by atoms with Crippen molar-refractivity contribution in [3.63, 3.8) is 0 Å². The number of nitrogens with one attached hydrogen (secondary N) is 2. The molecule has 1 aromatic carbocycles. The highest BCUT2D eigenvalue weighted by Crippen LogP contribution is 2.16. The Balaban J connectivity index is 1.70. The lowest BCUT2D eigenvalue weighted by Gasteiger charge is -2.27. The summed E-state index contributed by atoms with van der Waals surface area (Å²) in [7, 11) is 0. The lowest BCUT2D eigenvalue weighted by Crippen LogP contribution is -2.46. The predicted octanol–water partition coefficient (Wildman–Crippen LogP) is 2.51. The van der Waals surface area contributed by atoms with Crippen LogP contribution in [0.5, 0.6) is 0 Å². The molecule has 3 rings (SSSR count). The van der Waals surface area contributed by atoms with Gasteiger partial charge in [-0.05, 0) is 25.8 Å². The SMILES string of the molecule is CC(NC(=O)c1n[nH]c2ccccc12)N1CCCCCC1. The van der Waals surface area contributed by atoms with E-state index in [-0.39, 0.29) is 12.1 Å². The third kappa shape index (κ3) is 3.08. The second-order valence-corrected chi connectivity index (χ2v) is 5.72. The van der Waals surface area contributed by atoms with Crippen LogP contribution in [0.2, 0.25) is 0 Å². The largest absolute Gasteiger partial charge is 0.335 e. The minimum absolute atomic E-state index is 0.0473. The summed E-state index contributed by atoms with van der Waals surface area (Å²) in [6.45, 7) is 4.17. The Morgan fingerprint density at radius 2 is 1.95 bits per heavy atom. The number of para-hydroxylation sites is 1. The van der Waals surface area contributed by atoms with Crippen LogP contribution in [-0.4, -0.2) is 40.3 Å². The van der Waals surface area contributed by atoms with Gasteiger partial charge in [0.05, 0.1) is 11.7 Å². The van der Waals surface area contributed by atoms with Gasteiger partial charge >= 0.3 is 0 Å². The molecule has 5 nitrogen and oxygen atoms in total. The number of H-pyrrole nitrogens is 1. The van der Waals surface area contributed by atoms with Crippen molar-refractivity contribution in [1.29, 1.82) is 0 Å². The van der Waals surface area contributed by atoms with E-state index in [1.165, 1.54) is 25.7 Å². The van der Waals surface area contributed by atoms with Crippen LogP contribution in [0.25, 0.3) is 10.9 Å². The summed E-state index contributed by atoms with van der Waals surface area (Å²) in [5, 5.41) is 11.0. The molecule has 2 N–H and O–H groups in total. The molecule has 0 spiro atoms. The normalized spacial score (nSPS) is 18.3. The highest BCUT2D eigenvalue weighted by molar-refractivity contribution is 6.04. The van der Waals surface area contributed by atoms with Gasteiger partial charge in [-0.2, -0.15) is 5.10 Å². The van der Waals surface area contributed by atoms with Crippen LogP contribution in [0, 0.1) is 0 Å². The summed E-state index contributed by atoms with van der Waals surface area (Å²) in [5.41, 5.74) is 1.37. The third-order valence-corrected chi connectivity index (χ3v) is 4.21. The molecule has 2 heterocycles. The van der Waals surface area contributed by atoms with Crippen molar-refractivity contribution in [2.75, 3.05) is 13.1 Å². The summed E-state index contributed by atoms with van der Waals surface area (Å²) >= 11 is 0. The van der Waals surface area contributed by atoms with E-state index >= 15 is 0 Å². The summed E-state index contributed by atoms with van der Waals surface area (Å²) in [4.78, 5) is 14.8. The molecule has 0 radical (unpaired) electrons. The van der Waals surface area contributed by atoms with Gasteiger partial charge in [-0.1, -0.05) is 31.0 Å². The van der Waals surface area contributed by atoms with E-state index in [4.69, 9.17) is 0 Å². The van der Waals surface area contributed by atoms with E-state index in [1.54, 1.807) is 0 Å². The standard InChI is InChI=1S/C16H22N4O/c1-12(20-10-6-2-3-7-11-20)17-16(21)15-13-8-4-5-9-14(13)18-19-15/h4-5,8-9,12H,2-3,6-7,10-11H2,1H3,(H,17,21)(H,18,19). The molecule has 1 saturated heterocycles. The second kappa shape index (κ2) is 6.26. The quantitative estimate of drug-likeness (QED) is 0.911. The van der Waals surface area contributed by atoms with E-state index in [9.17, 15) is 4.79 Å². The maximum Gasteiger partial charge on any atom is 0.273 e. The van der Waals surface area contributed by atoms with Crippen molar-refractivity contribution < 1.29 is 4.79 Å². The number of amides is 1. The maximum atomic E-state index is 12.4. The lowest BCUT2D eigenvalue weighted by atomic mass is 10.2. The van der Waals surface area contributed by atoms with Crippen molar-refractivity contribution in [3.05, 3.63) is 30.0 Å². The number of carbonyl (C=O) groups is 1. The average molecular weight is 286 g/mol. The van der Waals surface area contributed by atoms with Crippen LogP contribution >= 0.6 is 0 Å². The Bertz CT molecular complexity index is 614. The number of aromatic amines is 1. The van der Waals surface area contributed by atoms with E-state index < -0.39 is 0 Å². The molecule has 0 bridgehead atoms. The lowest BCUT2D eigenvalue weighted by molar-refractivity contribution is 0.0864. The Kier molecular flexibility index (Phi) is 4.20. The van der Waals surface area contributed by atoms with E-state index in [0.717, 1.165) is 24.0 Å². The summed E-state index contributed by atoms with van der Waals surface area (Å²) in [6, 6.07) is 7.70. The number of fused-ring (bicyclic) bond motifs is 1. The molecule has 112 valence electrons. The van der Waals surface area contributed by atoms with Crippen molar-refractivity contribution in [1.82, 2.24) is 20.4 Å². The highest BCUT2D eigenvalue weighted by Gasteiger charge is 2.20. The van der Waals surface area contributed by atoms with Crippen molar-refractivity contribution in [2.45, 2.75) is 38.8 Å². The van der Waals surface area contributed by atoms with E-state index in [0.29, 0.717) is 5.69 Å². The maximum absolute atomic E-state index is 12.4. The average Bonchev–Trinajstić information content (AvgIpc) is 2.73. The minimum atomic E-state index is -0.107. The van der Waals surface area contributed by atoms with Crippen LogP contribution in [0.15, 0.2) is 24.3 Å². The van der Waals surface area contributed by atoms with Gasteiger partial charge in [-0.15, -0.1) is 0 Å². The number of hydrogen-bond donors (Lipinski definition) is 2. The number of rotatable bonds is 3. The van der Waals surface area contributed by atoms with Gasteiger partial charge in [0.1, 0.15) is 0 Å². The Hall–Kier alpha value is -1.88. The molecular weight excluding hydrogens is 264 g/mol. The minimum Gasteiger partial charge on any atom is -0.335 e. The van der Waals surface area contributed by atoms with Crippen LogP contribution in [0.3, 0.4) is 0 Å². The molecule has 1 aromatic heterocycles. The molecule has 1 aliphatic heterocycles. The smallest absolute Gasteiger partial charge is 0.273 e. The Labute approximate surface area is 124 Å². The molecule has 2 aromatic rings. The first kappa shape index (κ1) is 14.1. The molecule has 0 aliphatic carbocycles. The Morgan fingerprint density at radius 1 is 1.24 bits per heavy atom. The topological polar surface area (TPSA) is 61.0 Å². The summed E-state index contributed by atoms with van der Waals surface area (Å²) in [6.07, 6.45) is 5.06. The van der Waals surface area contributed by atoms with Gasteiger partial charge in [-0.3, -0.25) is 14.8 Å². The fourth-order valence-electron chi connectivity index (χ4n) is 2.97. The number of nitrogens with zero attached hydrogens (tertiary/aromatic N) is 2. The van der Waals surface area contributed by atoms with Gasteiger partial charge in [0.15, 0.2) is 5.69 Å². The van der Waals surface area contributed by atoms with E-state index in [2.05, 4.69) is 27.3 Å². The molecule has 1 fully saturated rings. The second-order valence-electron chi connectivity index (χ2n) is 5.72. The zero-order chi connectivity index (χ0) is 14.7. The van der Waals surface area contributed by atoms with Gasteiger partial charge < -0.3 is 5.32 Å². The molecule has 0 saturated carbocycles. The van der Waals surface area contributed by atoms with Crippen molar-refractivity contribution in [2.24, 2.45) is 0 Å². The number of hydrogen-bond acceptors (Lipinski definition) is 3. The fourth-order valence-corrected chi connectivity index (χ4v) is 2.97. The highest BCUT2D eigenvalue weighted by atomic mass is 16.2. The van der Waals surface area contributed by atoms with Crippen LogP contribution in [0.4, 0.5) is 0 Å². The van der Waals surface area contributed by atoms with Crippen molar-refractivity contribution >= 4 is 16.8 Å². The number of carbonyl (C=O) groups excluding carboxylic acids is 1. The number of aromatic nitrogens is 2. The monoisotopic (exact) mass is 286 g/mol. The van der Waals surface area contributed by atoms with Gasteiger partial charge in [-0.25, -0.2) is 0 Å². The summed E-state index contributed by atoms with van der Waals surface area (Å²) in [5.74, 6) is -0.107. The molecule has 1 aliphatic rings. The first-order valence-corrected chi connectivity index (χ1v) is 7.74. The van der Waals surface area contributed by atoms with Gasteiger partial charge in [0.25, 0.3) is 5.91 Å². The predicted molar refractivity (Wildman–Crippen MR) is 83.1 cm³/mol. The number of likely N-dealkylation sites (tertiary alicyclic amines) is 1. The first-order chi connectivity index (χ1) is 10.3. The van der Waals surface area contributed by atoms with Gasteiger partial charge in [0, 0.05) is 18.5 Å². The Morgan fingerprint density at radius 3 is 2.71 bits per heavy atom. The molecule has 1 amide bonds. The third-order valence-electron chi connectivity index (χ3n) is 4.21. The molecule has 1 atom stereocenters.